The Labute approximate surface area is 122 Å². The van der Waals surface area contributed by atoms with Crippen LogP contribution >= 0.6 is 0 Å². The fourth-order valence-corrected chi connectivity index (χ4v) is 1.60. The molecule has 0 fully saturated rings. The first-order chi connectivity index (χ1) is 10.2. The van der Waals surface area contributed by atoms with E-state index in [1.165, 1.54) is 0 Å². The molecule has 3 nitrogen and oxygen atoms in total. The lowest BCUT2D eigenvalue weighted by molar-refractivity contribution is -0.138. The average molecular weight is 351 g/mol. The summed E-state index contributed by atoms with van der Waals surface area (Å²) in [7, 11) is 0. The minimum Gasteiger partial charge on any atom is -0.352 e. The zero-order valence-electron chi connectivity index (χ0n) is 10.8. The normalized spacial score (nSPS) is 12.9. The lowest BCUT2D eigenvalue weighted by atomic mass is 10.1. The van der Waals surface area contributed by atoms with Crippen LogP contribution in [0.25, 0.3) is 0 Å². The van der Waals surface area contributed by atoms with Gasteiger partial charge in [0, 0.05) is 0 Å². The Bertz CT molecular complexity index is 579. The lowest BCUT2D eigenvalue weighted by Crippen LogP contribution is -2.40. The van der Waals surface area contributed by atoms with Crippen molar-refractivity contribution in [2.24, 2.45) is 0 Å². The maximum Gasteiger partial charge on any atom is 0.419 e. The molecule has 0 aromatic carbocycles. The van der Waals surface area contributed by atoms with Gasteiger partial charge >= 0.3 is 18.5 Å². The van der Waals surface area contributed by atoms with Crippen LogP contribution in [0.3, 0.4) is 0 Å². The number of hydrogen-bond acceptors (Lipinski definition) is 3. The molecule has 1 aromatic rings. The van der Waals surface area contributed by atoms with Crippen LogP contribution in [0.5, 0.6) is 0 Å². The number of pyridine rings is 1. The van der Waals surface area contributed by atoms with Gasteiger partial charge in [0.05, 0.1) is 17.4 Å². The van der Waals surface area contributed by atoms with Crippen LogP contribution in [0, 0.1) is 11.3 Å². The molecular weight excluding hydrogens is 345 g/mol. The fraction of sp³-hybridized carbons (Fsp3) is 0.455. The summed E-state index contributed by atoms with van der Waals surface area (Å²) in [5.74, 6) is 0. The van der Waals surface area contributed by atoms with Crippen molar-refractivity contribution in [3.8, 4) is 6.07 Å². The Morgan fingerprint density at radius 2 is 1.43 bits per heavy atom. The van der Waals surface area contributed by atoms with E-state index in [0.717, 1.165) is 6.07 Å². The zero-order valence-corrected chi connectivity index (χ0v) is 10.8. The summed E-state index contributed by atoms with van der Waals surface area (Å²) < 4.78 is 112. The molecule has 0 unspecified atom stereocenters. The molecule has 0 atom stereocenters. The number of aromatic nitrogens is 1. The quantitative estimate of drug-likeness (QED) is 0.776. The molecule has 0 saturated heterocycles. The lowest BCUT2D eigenvalue weighted by Gasteiger charge is -2.27. The van der Waals surface area contributed by atoms with Crippen molar-refractivity contribution in [1.29, 1.82) is 5.26 Å². The van der Waals surface area contributed by atoms with Gasteiger partial charge < -0.3 is 4.90 Å². The number of alkyl halides is 9. The summed E-state index contributed by atoms with van der Waals surface area (Å²) in [6, 6.07) is 1.10. The van der Waals surface area contributed by atoms with Gasteiger partial charge in [-0.15, -0.1) is 0 Å². The molecule has 1 aromatic heterocycles. The number of anilines is 1. The van der Waals surface area contributed by atoms with E-state index in [1.54, 1.807) is 0 Å². The first-order valence-corrected chi connectivity index (χ1v) is 5.59. The van der Waals surface area contributed by atoms with Crippen LogP contribution in [0.15, 0.2) is 12.3 Å². The Morgan fingerprint density at radius 3 is 1.78 bits per heavy atom. The topological polar surface area (TPSA) is 39.9 Å². The Balaban J connectivity index is 3.34. The molecule has 0 amide bonds. The molecule has 0 aliphatic carbocycles. The van der Waals surface area contributed by atoms with Gasteiger partial charge in [0.2, 0.25) is 0 Å². The number of nitriles is 1. The van der Waals surface area contributed by atoms with E-state index in [2.05, 4.69) is 4.98 Å². The average Bonchev–Trinajstić information content (AvgIpc) is 2.32. The van der Waals surface area contributed by atoms with Gasteiger partial charge in [0.15, 0.2) is 5.69 Å². The second-order valence-electron chi connectivity index (χ2n) is 4.29. The third-order valence-electron chi connectivity index (χ3n) is 2.39. The summed E-state index contributed by atoms with van der Waals surface area (Å²) in [6.45, 7) is -4.26. The van der Waals surface area contributed by atoms with Crippen LogP contribution in [0.4, 0.5) is 45.2 Å². The largest absolute Gasteiger partial charge is 0.419 e. The minimum absolute atomic E-state index is 0.0308. The van der Waals surface area contributed by atoms with Crippen LogP contribution in [0.2, 0.25) is 0 Å². The molecule has 23 heavy (non-hydrogen) atoms. The molecule has 1 rings (SSSR count). The van der Waals surface area contributed by atoms with Crippen molar-refractivity contribution in [2.75, 3.05) is 18.0 Å². The standard InChI is InChI=1S/C11H6F9N3/c12-9(13,14)4-23(5-10(15,16)17)6-1-7(11(18,19)20)8(2-21)22-3-6/h1,3H,4-5H2. The smallest absolute Gasteiger partial charge is 0.352 e. The van der Waals surface area contributed by atoms with E-state index in [9.17, 15) is 39.5 Å². The minimum atomic E-state index is -5.16. The second-order valence-corrected chi connectivity index (χ2v) is 4.29. The van der Waals surface area contributed by atoms with Crippen LogP contribution < -0.4 is 4.90 Å². The molecule has 0 aliphatic heterocycles. The predicted molar refractivity (Wildman–Crippen MR) is 58.3 cm³/mol. The third-order valence-corrected chi connectivity index (χ3v) is 2.39. The van der Waals surface area contributed by atoms with Gasteiger partial charge in [-0.3, -0.25) is 0 Å². The van der Waals surface area contributed by atoms with Crippen molar-refractivity contribution >= 4 is 5.69 Å². The highest BCUT2D eigenvalue weighted by Gasteiger charge is 2.40. The summed E-state index contributed by atoms with van der Waals surface area (Å²) in [5, 5.41) is 8.50. The van der Waals surface area contributed by atoms with E-state index in [-0.39, 0.29) is 11.0 Å². The molecule has 0 radical (unpaired) electrons. The highest BCUT2D eigenvalue weighted by molar-refractivity contribution is 5.51. The van der Waals surface area contributed by atoms with Crippen molar-refractivity contribution < 1.29 is 39.5 Å². The summed E-state index contributed by atoms with van der Waals surface area (Å²) in [5.41, 5.74) is -3.92. The first-order valence-electron chi connectivity index (χ1n) is 5.59. The molecule has 128 valence electrons. The Hall–Kier alpha value is -2.19. The fourth-order valence-electron chi connectivity index (χ4n) is 1.60. The number of hydrogen-bond donors (Lipinski definition) is 0. The van der Waals surface area contributed by atoms with E-state index >= 15 is 0 Å². The number of rotatable bonds is 3. The molecular formula is C11H6F9N3. The van der Waals surface area contributed by atoms with E-state index in [1.807, 2.05) is 0 Å². The third kappa shape index (κ3) is 5.84. The van der Waals surface area contributed by atoms with Crippen molar-refractivity contribution in [3.05, 3.63) is 23.5 Å². The highest BCUT2D eigenvalue weighted by Crippen LogP contribution is 2.34. The maximum atomic E-state index is 12.7. The van der Waals surface area contributed by atoms with Gasteiger partial charge in [0.25, 0.3) is 0 Å². The number of nitrogens with zero attached hydrogens (tertiary/aromatic N) is 3. The predicted octanol–water partition coefficient (Wildman–Crippen LogP) is 3.90. The monoisotopic (exact) mass is 351 g/mol. The van der Waals surface area contributed by atoms with E-state index in [0.29, 0.717) is 6.20 Å². The van der Waals surface area contributed by atoms with Gasteiger partial charge in [-0.05, 0) is 6.07 Å². The first kappa shape index (κ1) is 18.9. The van der Waals surface area contributed by atoms with Gasteiger partial charge in [0.1, 0.15) is 19.2 Å². The Morgan fingerprint density at radius 1 is 0.957 bits per heavy atom. The van der Waals surface area contributed by atoms with Crippen molar-refractivity contribution in [3.63, 3.8) is 0 Å². The number of halogens is 9. The zero-order chi connectivity index (χ0) is 18.1. The van der Waals surface area contributed by atoms with Crippen LogP contribution in [-0.4, -0.2) is 30.4 Å². The SMILES string of the molecule is N#Cc1ncc(N(CC(F)(F)F)CC(F)(F)F)cc1C(F)(F)F. The summed E-state index contributed by atoms with van der Waals surface area (Å²) in [6.07, 6.45) is -15.0. The molecule has 0 spiro atoms. The van der Waals surface area contributed by atoms with Gasteiger partial charge in [-0.2, -0.15) is 44.8 Å². The van der Waals surface area contributed by atoms with Gasteiger partial charge in [-0.1, -0.05) is 0 Å². The van der Waals surface area contributed by atoms with Crippen LogP contribution in [-0.2, 0) is 6.18 Å². The van der Waals surface area contributed by atoms with Crippen molar-refractivity contribution in [1.82, 2.24) is 4.98 Å². The Kier molecular flexibility index (Phi) is 5.03. The van der Waals surface area contributed by atoms with Crippen molar-refractivity contribution in [2.45, 2.75) is 18.5 Å². The molecule has 0 saturated carbocycles. The molecule has 0 N–H and O–H groups in total. The van der Waals surface area contributed by atoms with Crippen LogP contribution in [0.1, 0.15) is 11.3 Å². The van der Waals surface area contributed by atoms with E-state index < -0.39 is 48.6 Å². The molecule has 0 bridgehead atoms. The molecule has 1 heterocycles. The maximum absolute atomic E-state index is 12.7. The van der Waals surface area contributed by atoms with E-state index in [4.69, 9.17) is 5.26 Å². The molecule has 0 aliphatic rings. The van der Waals surface area contributed by atoms with Gasteiger partial charge in [-0.25, -0.2) is 4.98 Å². The second kappa shape index (κ2) is 6.13. The highest BCUT2D eigenvalue weighted by atomic mass is 19.4. The molecule has 12 heteroatoms. The summed E-state index contributed by atoms with van der Waals surface area (Å²) in [4.78, 5) is 2.64. The summed E-state index contributed by atoms with van der Waals surface area (Å²) >= 11 is 0.